The van der Waals surface area contributed by atoms with Crippen molar-refractivity contribution in [1.82, 2.24) is 5.32 Å². The highest BCUT2D eigenvalue weighted by Crippen LogP contribution is 2.35. The molecule has 1 saturated heterocycles. The van der Waals surface area contributed by atoms with Crippen LogP contribution in [0.15, 0.2) is 24.3 Å². The lowest BCUT2D eigenvalue weighted by molar-refractivity contribution is -0.137. The Hall–Kier alpha value is -1.03. The van der Waals surface area contributed by atoms with E-state index < -0.39 is 11.7 Å². The Morgan fingerprint density at radius 3 is 2.53 bits per heavy atom. The van der Waals surface area contributed by atoms with Crippen LogP contribution in [-0.4, -0.2) is 5.54 Å². The van der Waals surface area contributed by atoms with E-state index in [4.69, 9.17) is 0 Å². The molecule has 1 unspecified atom stereocenters. The normalized spacial score (nSPS) is 23.9. The van der Waals surface area contributed by atoms with Gasteiger partial charge in [0.1, 0.15) is 0 Å². The summed E-state index contributed by atoms with van der Waals surface area (Å²) in [6, 6.07) is 5.63. The van der Waals surface area contributed by atoms with E-state index in [-0.39, 0.29) is 11.6 Å². The fourth-order valence-electron chi connectivity index (χ4n) is 2.30. The first-order chi connectivity index (χ1) is 7.78. The summed E-state index contributed by atoms with van der Waals surface area (Å²) >= 11 is 0. The molecule has 2 rings (SSSR count). The fraction of sp³-hybridized carbons (Fsp3) is 0.538. The van der Waals surface area contributed by atoms with Crippen molar-refractivity contribution in [2.45, 2.75) is 44.4 Å². The number of alkyl halides is 3. The Labute approximate surface area is 99.0 Å². The second-order valence-corrected chi connectivity index (χ2v) is 5.24. The molecule has 0 saturated carbocycles. The molecule has 1 nitrogen and oxygen atoms in total. The summed E-state index contributed by atoms with van der Waals surface area (Å²) in [6.45, 7) is 4.14. The molecule has 0 amide bonds. The summed E-state index contributed by atoms with van der Waals surface area (Å²) in [7, 11) is 0. The Bertz CT molecular complexity index is 409. The third-order valence-corrected chi connectivity index (χ3v) is 3.24. The first-order valence-corrected chi connectivity index (χ1v) is 5.73. The van der Waals surface area contributed by atoms with Gasteiger partial charge in [0.2, 0.25) is 0 Å². The SMILES string of the molecule is CC1(C)CCC(c2cccc(C(F)(F)F)c2)N1. The van der Waals surface area contributed by atoms with Gasteiger partial charge in [0, 0.05) is 11.6 Å². The van der Waals surface area contributed by atoms with Crippen molar-refractivity contribution < 1.29 is 13.2 Å². The Kier molecular flexibility index (Phi) is 2.94. The van der Waals surface area contributed by atoms with Gasteiger partial charge in [-0.3, -0.25) is 0 Å². The monoisotopic (exact) mass is 243 g/mol. The number of benzene rings is 1. The van der Waals surface area contributed by atoms with Crippen LogP contribution < -0.4 is 5.32 Å². The molecule has 0 bridgehead atoms. The van der Waals surface area contributed by atoms with Crippen molar-refractivity contribution in [3.63, 3.8) is 0 Å². The van der Waals surface area contributed by atoms with E-state index in [1.165, 1.54) is 12.1 Å². The topological polar surface area (TPSA) is 12.0 Å². The first-order valence-electron chi connectivity index (χ1n) is 5.73. The van der Waals surface area contributed by atoms with Gasteiger partial charge in [0.15, 0.2) is 0 Å². The maximum Gasteiger partial charge on any atom is 0.416 e. The van der Waals surface area contributed by atoms with Gasteiger partial charge in [-0.25, -0.2) is 0 Å². The number of nitrogens with one attached hydrogen (secondary N) is 1. The predicted octanol–water partition coefficient (Wildman–Crippen LogP) is 3.91. The lowest BCUT2D eigenvalue weighted by atomic mass is 10.0. The molecule has 1 atom stereocenters. The van der Waals surface area contributed by atoms with Gasteiger partial charge in [0.05, 0.1) is 5.56 Å². The molecule has 1 heterocycles. The van der Waals surface area contributed by atoms with Gasteiger partial charge in [-0.1, -0.05) is 12.1 Å². The van der Waals surface area contributed by atoms with Gasteiger partial charge in [-0.15, -0.1) is 0 Å². The van der Waals surface area contributed by atoms with Crippen LogP contribution in [0.5, 0.6) is 0 Å². The van der Waals surface area contributed by atoms with Crippen LogP contribution >= 0.6 is 0 Å². The number of halogens is 3. The van der Waals surface area contributed by atoms with E-state index in [1.54, 1.807) is 6.07 Å². The summed E-state index contributed by atoms with van der Waals surface area (Å²) < 4.78 is 37.8. The van der Waals surface area contributed by atoms with Crippen LogP contribution in [0.25, 0.3) is 0 Å². The summed E-state index contributed by atoms with van der Waals surface area (Å²) in [5.74, 6) is 0. The van der Waals surface area contributed by atoms with Crippen molar-refractivity contribution in [3.05, 3.63) is 35.4 Å². The molecule has 1 aromatic rings. The zero-order chi connectivity index (χ0) is 12.7. The van der Waals surface area contributed by atoms with E-state index in [1.807, 2.05) is 0 Å². The highest BCUT2D eigenvalue weighted by molar-refractivity contribution is 5.29. The van der Waals surface area contributed by atoms with Crippen LogP contribution in [0.2, 0.25) is 0 Å². The van der Waals surface area contributed by atoms with E-state index >= 15 is 0 Å². The van der Waals surface area contributed by atoms with Gasteiger partial charge < -0.3 is 5.32 Å². The molecule has 0 aliphatic carbocycles. The average Bonchev–Trinajstić information content (AvgIpc) is 2.58. The zero-order valence-electron chi connectivity index (χ0n) is 9.93. The van der Waals surface area contributed by atoms with Crippen molar-refractivity contribution in [3.8, 4) is 0 Å². The molecule has 4 heteroatoms. The molecule has 1 aliphatic rings. The maximum absolute atomic E-state index is 12.6. The lowest BCUT2D eigenvalue weighted by Gasteiger charge is -2.20. The number of rotatable bonds is 1. The van der Waals surface area contributed by atoms with Gasteiger partial charge in [-0.2, -0.15) is 13.2 Å². The second-order valence-electron chi connectivity index (χ2n) is 5.24. The molecule has 17 heavy (non-hydrogen) atoms. The smallest absolute Gasteiger partial charge is 0.305 e. The fourth-order valence-corrected chi connectivity index (χ4v) is 2.30. The molecule has 1 fully saturated rings. The van der Waals surface area contributed by atoms with E-state index in [0.29, 0.717) is 0 Å². The van der Waals surface area contributed by atoms with Gasteiger partial charge in [0.25, 0.3) is 0 Å². The van der Waals surface area contributed by atoms with Gasteiger partial charge in [-0.05, 0) is 44.4 Å². The minimum absolute atomic E-state index is 0.0128. The summed E-state index contributed by atoms with van der Waals surface area (Å²) in [5.41, 5.74) is 0.172. The number of hydrogen-bond donors (Lipinski definition) is 1. The zero-order valence-corrected chi connectivity index (χ0v) is 9.93. The van der Waals surface area contributed by atoms with Crippen LogP contribution in [0.4, 0.5) is 13.2 Å². The summed E-state index contributed by atoms with van der Waals surface area (Å²) in [4.78, 5) is 0. The summed E-state index contributed by atoms with van der Waals surface area (Å²) in [5, 5.41) is 3.36. The molecule has 0 aromatic heterocycles. The molecule has 1 N–H and O–H groups in total. The predicted molar refractivity (Wildman–Crippen MR) is 60.6 cm³/mol. The third-order valence-electron chi connectivity index (χ3n) is 3.24. The molecular weight excluding hydrogens is 227 g/mol. The van der Waals surface area contributed by atoms with Crippen LogP contribution in [0.1, 0.15) is 43.9 Å². The molecule has 1 aliphatic heterocycles. The van der Waals surface area contributed by atoms with Crippen molar-refractivity contribution in [1.29, 1.82) is 0 Å². The first kappa shape index (κ1) is 12.4. The maximum atomic E-state index is 12.6. The highest BCUT2D eigenvalue weighted by Gasteiger charge is 2.34. The largest absolute Gasteiger partial charge is 0.416 e. The Morgan fingerprint density at radius 2 is 2.00 bits per heavy atom. The second kappa shape index (κ2) is 4.02. The van der Waals surface area contributed by atoms with Gasteiger partial charge >= 0.3 is 6.18 Å². The minimum atomic E-state index is -4.26. The Morgan fingerprint density at radius 1 is 1.29 bits per heavy atom. The number of hydrogen-bond acceptors (Lipinski definition) is 1. The molecule has 1 aromatic carbocycles. The van der Waals surface area contributed by atoms with Crippen LogP contribution in [0, 0.1) is 0 Å². The quantitative estimate of drug-likeness (QED) is 0.788. The standard InChI is InChI=1S/C13H16F3N/c1-12(2)7-6-11(17-12)9-4-3-5-10(8-9)13(14,15)16/h3-5,8,11,17H,6-7H2,1-2H3. The molecular formula is C13H16F3N. The third kappa shape index (κ3) is 2.80. The summed E-state index contributed by atoms with van der Waals surface area (Å²) in [6.07, 6.45) is -2.40. The molecule has 0 spiro atoms. The Balaban J connectivity index is 2.23. The van der Waals surface area contributed by atoms with E-state index in [0.717, 1.165) is 24.5 Å². The molecule has 94 valence electrons. The lowest BCUT2D eigenvalue weighted by Crippen LogP contribution is -2.33. The minimum Gasteiger partial charge on any atom is -0.305 e. The van der Waals surface area contributed by atoms with Crippen molar-refractivity contribution in [2.75, 3.05) is 0 Å². The van der Waals surface area contributed by atoms with Crippen LogP contribution in [-0.2, 0) is 6.18 Å². The van der Waals surface area contributed by atoms with E-state index in [2.05, 4.69) is 19.2 Å². The average molecular weight is 243 g/mol. The van der Waals surface area contributed by atoms with Crippen LogP contribution in [0.3, 0.4) is 0 Å². The molecule has 0 radical (unpaired) electrons. The highest BCUT2D eigenvalue weighted by atomic mass is 19.4. The van der Waals surface area contributed by atoms with E-state index in [9.17, 15) is 13.2 Å². The van der Waals surface area contributed by atoms with Crippen molar-refractivity contribution >= 4 is 0 Å². The van der Waals surface area contributed by atoms with Crippen molar-refractivity contribution in [2.24, 2.45) is 0 Å².